The van der Waals surface area contributed by atoms with Crippen LogP contribution in [0.1, 0.15) is 17.3 Å². The van der Waals surface area contributed by atoms with Crippen molar-refractivity contribution < 1.29 is 23.8 Å². The number of amides is 2. The Kier molecular flexibility index (Phi) is 6.72. The maximum Gasteiger partial charge on any atom is 0.340 e. The van der Waals surface area contributed by atoms with Gasteiger partial charge >= 0.3 is 12.0 Å². The molecule has 2 heterocycles. The number of esters is 1. The minimum Gasteiger partial charge on any atom is -0.493 e. The van der Waals surface area contributed by atoms with Crippen LogP contribution in [0.4, 0.5) is 21.9 Å². The lowest BCUT2D eigenvalue weighted by Gasteiger charge is -2.12. The predicted octanol–water partition coefficient (Wildman–Crippen LogP) is 4.42. The van der Waals surface area contributed by atoms with E-state index in [0.29, 0.717) is 45.2 Å². The number of urea groups is 1. The molecule has 35 heavy (non-hydrogen) atoms. The maximum atomic E-state index is 12.6. The maximum absolute atomic E-state index is 12.6. The summed E-state index contributed by atoms with van der Waals surface area (Å²) in [5.74, 6) is 0.592. The van der Waals surface area contributed by atoms with Gasteiger partial charge in [0, 0.05) is 35.4 Å². The third-order valence-electron chi connectivity index (χ3n) is 5.27. The van der Waals surface area contributed by atoms with Crippen LogP contribution in [0, 0.1) is 0 Å². The fourth-order valence-electron chi connectivity index (χ4n) is 3.71. The molecule has 4 N–H and O–H groups in total. The van der Waals surface area contributed by atoms with Gasteiger partial charge in [-0.05, 0) is 42.8 Å². The molecule has 0 aliphatic rings. The van der Waals surface area contributed by atoms with E-state index in [1.165, 1.54) is 7.11 Å². The van der Waals surface area contributed by atoms with Crippen LogP contribution < -0.4 is 25.8 Å². The molecule has 0 bridgehead atoms. The summed E-state index contributed by atoms with van der Waals surface area (Å²) in [7, 11) is 3.06. The van der Waals surface area contributed by atoms with Crippen LogP contribution in [0.25, 0.3) is 16.6 Å². The Balaban J connectivity index is 1.57. The number of fused-ring (bicyclic) bond motifs is 1. The number of ether oxygens (including phenoxy) is 3. The molecule has 4 rings (SSSR count). The number of carbonyl (C=O) groups excluding carboxylic acids is 2. The first kappa shape index (κ1) is 23.4. The van der Waals surface area contributed by atoms with Crippen molar-refractivity contribution in [2.45, 2.75) is 6.92 Å². The monoisotopic (exact) mass is 475 g/mol. The van der Waals surface area contributed by atoms with Gasteiger partial charge in [0.25, 0.3) is 0 Å². The zero-order chi connectivity index (χ0) is 24.9. The van der Waals surface area contributed by atoms with E-state index in [1.54, 1.807) is 79.5 Å². The molecule has 2 aromatic heterocycles. The van der Waals surface area contributed by atoms with Crippen molar-refractivity contribution in [3.05, 3.63) is 66.5 Å². The van der Waals surface area contributed by atoms with Gasteiger partial charge in [-0.2, -0.15) is 5.10 Å². The standard InChI is InChI=1S/C25H25N5O5/c1-4-35-24(31)18-14-30-23(19(26)11-12-27-30)22(18)15-5-7-16(8-6-15)28-25(32)29-17-9-10-20(33-2)21(13-17)34-3/h5-14H,4,26H2,1-3H3,(H2,28,29,32). The first-order chi connectivity index (χ1) is 16.9. The Hall–Kier alpha value is -4.73. The number of methoxy groups -OCH3 is 2. The van der Waals surface area contributed by atoms with Gasteiger partial charge in [-0.15, -0.1) is 0 Å². The van der Waals surface area contributed by atoms with Crippen molar-refractivity contribution >= 4 is 34.6 Å². The molecule has 10 heteroatoms. The van der Waals surface area contributed by atoms with Crippen LogP contribution in [-0.2, 0) is 4.74 Å². The second-order valence-corrected chi connectivity index (χ2v) is 7.44. The lowest BCUT2D eigenvalue weighted by Crippen LogP contribution is -2.19. The van der Waals surface area contributed by atoms with E-state index in [4.69, 9.17) is 19.9 Å². The van der Waals surface area contributed by atoms with Crippen molar-refractivity contribution in [2.75, 3.05) is 37.2 Å². The number of nitrogens with two attached hydrogens (primary N) is 1. The molecule has 0 spiro atoms. The first-order valence-electron chi connectivity index (χ1n) is 10.8. The number of nitrogens with one attached hydrogen (secondary N) is 2. The topological polar surface area (TPSA) is 129 Å². The summed E-state index contributed by atoms with van der Waals surface area (Å²) in [6, 6.07) is 13.3. The second kappa shape index (κ2) is 10.0. The molecular weight excluding hydrogens is 450 g/mol. The Morgan fingerprint density at radius 2 is 1.66 bits per heavy atom. The average Bonchev–Trinajstić information content (AvgIpc) is 3.25. The molecule has 0 aliphatic carbocycles. The summed E-state index contributed by atoms with van der Waals surface area (Å²) in [6.07, 6.45) is 3.16. The molecule has 0 unspecified atom stereocenters. The molecule has 10 nitrogen and oxygen atoms in total. The molecule has 180 valence electrons. The molecule has 0 fully saturated rings. The molecule has 0 atom stereocenters. The van der Waals surface area contributed by atoms with Crippen LogP contribution >= 0.6 is 0 Å². The van der Waals surface area contributed by atoms with E-state index in [1.807, 2.05) is 0 Å². The van der Waals surface area contributed by atoms with Crippen LogP contribution in [0.3, 0.4) is 0 Å². The minimum atomic E-state index is -0.469. The first-order valence-corrected chi connectivity index (χ1v) is 10.8. The van der Waals surface area contributed by atoms with Crippen molar-refractivity contribution in [1.82, 2.24) is 9.61 Å². The highest BCUT2D eigenvalue weighted by atomic mass is 16.5. The highest BCUT2D eigenvalue weighted by Gasteiger charge is 2.22. The van der Waals surface area contributed by atoms with E-state index in [0.717, 1.165) is 5.56 Å². The molecular formula is C25H25N5O5. The molecule has 0 saturated carbocycles. The zero-order valence-electron chi connectivity index (χ0n) is 19.5. The van der Waals surface area contributed by atoms with Gasteiger partial charge in [0.05, 0.1) is 37.6 Å². The largest absolute Gasteiger partial charge is 0.493 e. The lowest BCUT2D eigenvalue weighted by atomic mass is 10.0. The van der Waals surface area contributed by atoms with Crippen LogP contribution in [0.5, 0.6) is 11.5 Å². The molecule has 0 saturated heterocycles. The summed E-state index contributed by atoms with van der Waals surface area (Å²) < 4.78 is 17.2. The minimum absolute atomic E-state index is 0.241. The van der Waals surface area contributed by atoms with Gasteiger partial charge in [0.1, 0.15) is 0 Å². The average molecular weight is 476 g/mol. The fraction of sp³-hybridized carbons (Fsp3) is 0.160. The smallest absolute Gasteiger partial charge is 0.340 e. The van der Waals surface area contributed by atoms with E-state index in [9.17, 15) is 9.59 Å². The van der Waals surface area contributed by atoms with Crippen LogP contribution in [-0.4, -0.2) is 42.4 Å². The molecule has 0 aliphatic heterocycles. The third kappa shape index (κ3) is 4.81. The highest BCUT2D eigenvalue weighted by Crippen LogP contribution is 2.34. The van der Waals surface area contributed by atoms with E-state index in [-0.39, 0.29) is 6.61 Å². The van der Waals surface area contributed by atoms with Gasteiger partial charge in [0.15, 0.2) is 11.5 Å². The molecule has 0 radical (unpaired) electrons. The molecule has 4 aromatic rings. The van der Waals surface area contributed by atoms with Crippen LogP contribution in [0.15, 0.2) is 60.9 Å². The summed E-state index contributed by atoms with van der Waals surface area (Å²) in [4.78, 5) is 25.1. The third-order valence-corrected chi connectivity index (χ3v) is 5.27. The number of aromatic nitrogens is 2. The molecule has 2 amide bonds. The highest BCUT2D eigenvalue weighted by molar-refractivity contribution is 6.05. The van der Waals surface area contributed by atoms with Crippen molar-refractivity contribution in [1.29, 1.82) is 0 Å². The van der Waals surface area contributed by atoms with Gasteiger partial charge in [-0.3, -0.25) is 0 Å². The number of benzene rings is 2. The normalized spacial score (nSPS) is 10.6. The summed E-state index contributed by atoms with van der Waals surface area (Å²) in [5.41, 5.74) is 10.0. The Bertz CT molecular complexity index is 1380. The number of nitrogen functional groups attached to an aromatic ring is 1. The van der Waals surface area contributed by atoms with Crippen molar-refractivity contribution in [3.8, 4) is 22.6 Å². The number of hydrogen-bond donors (Lipinski definition) is 3. The Morgan fingerprint density at radius 3 is 2.34 bits per heavy atom. The number of hydrogen-bond acceptors (Lipinski definition) is 7. The summed E-state index contributed by atoms with van der Waals surface area (Å²) in [5, 5.41) is 9.79. The van der Waals surface area contributed by atoms with Crippen molar-refractivity contribution in [2.24, 2.45) is 0 Å². The van der Waals surface area contributed by atoms with Gasteiger partial charge in [-0.1, -0.05) is 12.1 Å². The summed E-state index contributed by atoms with van der Waals surface area (Å²) >= 11 is 0. The Morgan fingerprint density at radius 1 is 0.971 bits per heavy atom. The lowest BCUT2D eigenvalue weighted by molar-refractivity contribution is 0.0527. The van der Waals surface area contributed by atoms with Gasteiger partial charge in [0.2, 0.25) is 0 Å². The number of anilines is 3. The quantitative estimate of drug-likeness (QED) is 0.337. The summed E-state index contributed by atoms with van der Waals surface area (Å²) in [6.45, 7) is 1.99. The second-order valence-electron chi connectivity index (χ2n) is 7.44. The zero-order valence-corrected chi connectivity index (χ0v) is 19.5. The van der Waals surface area contributed by atoms with E-state index < -0.39 is 12.0 Å². The SMILES string of the molecule is CCOC(=O)c1cn2nccc(N)c2c1-c1ccc(NC(=O)Nc2ccc(OC)c(OC)c2)cc1. The number of rotatable bonds is 7. The van der Waals surface area contributed by atoms with Crippen molar-refractivity contribution in [3.63, 3.8) is 0 Å². The Labute approximate surface area is 201 Å². The number of carbonyl (C=O) groups is 2. The fourth-order valence-corrected chi connectivity index (χ4v) is 3.71. The van der Waals surface area contributed by atoms with E-state index >= 15 is 0 Å². The van der Waals surface area contributed by atoms with Gasteiger partial charge in [-0.25, -0.2) is 14.1 Å². The molecule has 2 aromatic carbocycles. The number of nitrogens with zero attached hydrogens (tertiary/aromatic N) is 2. The van der Waals surface area contributed by atoms with E-state index in [2.05, 4.69) is 15.7 Å². The van der Waals surface area contributed by atoms with Gasteiger partial charge < -0.3 is 30.6 Å². The van der Waals surface area contributed by atoms with Crippen LogP contribution in [0.2, 0.25) is 0 Å². The predicted molar refractivity (Wildman–Crippen MR) is 133 cm³/mol.